The van der Waals surface area contributed by atoms with E-state index in [0.29, 0.717) is 13.1 Å². The molecular formula is C20H20ClF2N3O3. The number of para-hydroxylation sites is 1. The molecule has 154 valence electrons. The van der Waals surface area contributed by atoms with Crippen LogP contribution in [-0.2, 0) is 0 Å². The van der Waals surface area contributed by atoms with Gasteiger partial charge in [0.1, 0.15) is 17.4 Å². The summed E-state index contributed by atoms with van der Waals surface area (Å²) in [7, 11) is 0. The Kier molecular flexibility index (Phi) is 6.22. The molecule has 3 amide bonds. The van der Waals surface area contributed by atoms with Crippen LogP contribution >= 0.6 is 11.6 Å². The number of nitrogens with one attached hydrogen (secondary N) is 2. The Morgan fingerprint density at radius 2 is 1.86 bits per heavy atom. The molecule has 1 saturated heterocycles. The molecule has 0 bridgehead atoms. The Labute approximate surface area is 171 Å². The average molecular weight is 424 g/mol. The lowest BCUT2D eigenvalue weighted by atomic mass is 10.1. The lowest BCUT2D eigenvalue weighted by molar-refractivity contribution is 0.102. The maximum Gasteiger partial charge on any atom is 0.321 e. The highest BCUT2D eigenvalue weighted by molar-refractivity contribution is 6.34. The van der Waals surface area contributed by atoms with Gasteiger partial charge in [0, 0.05) is 19.2 Å². The minimum absolute atomic E-state index is 0.00332. The van der Waals surface area contributed by atoms with Crippen LogP contribution < -0.4 is 15.4 Å². The second-order valence-corrected chi connectivity index (χ2v) is 7.22. The molecule has 0 aromatic heterocycles. The number of urea groups is 1. The van der Waals surface area contributed by atoms with Crippen LogP contribution in [0.25, 0.3) is 0 Å². The molecule has 2 N–H and O–H groups in total. The van der Waals surface area contributed by atoms with Crippen LogP contribution in [0.1, 0.15) is 30.6 Å². The van der Waals surface area contributed by atoms with Crippen molar-refractivity contribution in [2.24, 2.45) is 0 Å². The number of benzene rings is 2. The van der Waals surface area contributed by atoms with Gasteiger partial charge in [-0.25, -0.2) is 13.6 Å². The van der Waals surface area contributed by atoms with Gasteiger partial charge in [-0.05, 0) is 38.5 Å². The summed E-state index contributed by atoms with van der Waals surface area (Å²) < 4.78 is 34.2. The second kappa shape index (κ2) is 8.65. The van der Waals surface area contributed by atoms with Crippen molar-refractivity contribution < 1.29 is 23.1 Å². The number of anilines is 2. The molecule has 6 nitrogen and oxygen atoms in total. The fourth-order valence-electron chi connectivity index (χ4n) is 2.69. The first-order valence-corrected chi connectivity index (χ1v) is 9.45. The van der Waals surface area contributed by atoms with E-state index in [1.54, 1.807) is 13.8 Å². The van der Waals surface area contributed by atoms with Crippen LogP contribution in [0, 0.1) is 11.6 Å². The molecule has 1 aliphatic rings. The van der Waals surface area contributed by atoms with Crippen molar-refractivity contribution in [2.45, 2.75) is 26.4 Å². The number of likely N-dealkylation sites (tertiary alicyclic amines) is 1. The highest BCUT2D eigenvalue weighted by atomic mass is 35.5. The molecular weight excluding hydrogens is 404 g/mol. The van der Waals surface area contributed by atoms with E-state index < -0.39 is 23.6 Å². The minimum Gasteiger partial charge on any atom is -0.490 e. The Morgan fingerprint density at radius 1 is 1.14 bits per heavy atom. The molecule has 3 rings (SSSR count). The minimum atomic E-state index is -0.820. The Morgan fingerprint density at radius 3 is 2.45 bits per heavy atom. The van der Waals surface area contributed by atoms with Crippen LogP contribution in [0.3, 0.4) is 0 Å². The van der Waals surface area contributed by atoms with Gasteiger partial charge in [-0.1, -0.05) is 17.7 Å². The van der Waals surface area contributed by atoms with Crippen LogP contribution in [0.4, 0.5) is 25.0 Å². The van der Waals surface area contributed by atoms with Gasteiger partial charge in [-0.15, -0.1) is 0 Å². The van der Waals surface area contributed by atoms with E-state index in [1.807, 2.05) is 0 Å². The number of hydrogen-bond acceptors (Lipinski definition) is 3. The molecule has 0 saturated carbocycles. The molecule has 0 aliphatic carbocycles. The van der Waals surface area contributed by atoms with E-state index in [-0.39, 0.29) is 33.8 Å². The molecule has 1 fully saturated rings. The first-order valence-electron chi connectivity index (χ1n) is 9.07. The first kappa shape index (κ1) is 20.9. The normalized spacial score (nSPS) is 13.1. The largest absolute Gasteiger partial charge is 0.490 e. The number of carbonyl (C=O) groups excluding carboxylic acids is 2. The summed E-state index contributed by atoms with van der Waals surface area (Å²) in [6, 6.07) is 5.71. The molecule has 29 heavy (non-hydrogen) atoms. The van der Waals surface area contributed by atoms with Gasteiger partial charge in [-0.3, -0.25) is 4.79 Å². The quantitative estimate of drug-likeness (QED) is 0.718. The van der Waals surface area contributed by atoms with Gasteiger partial charge < -0.3 is 20.3 Å². The van der Waals surface area contributed by atoms with E-state index in [2.05, 4.69) is 10.6 Å². The van der Waals surface area contributed by atoms with Gasteiger partial charge in [0.25, 0.3) is 5.91 Å². The number of rotatable bonds is 5. The first-order chi connectivity index (χ1) is 13.8. The summed E-state index contributed by atoms with van der Waals surface area (Å²) in [5.41, 5.74) is -0.485. The summed E-state index contributed by atoms with van der Waals surface area (Å²) in [6.07, 6.45) is 0.568. The number of amides is 3. The van der Waals surface area contributed by atoms with E-state index in [4.69, 9.17) is 16.3 Å². The topological polar surface area (TPSA) is 70.7 Å². The Balaban J connectivity index is 1.91. The summed E-state index contributed by atoms with van der Waals surface area (Å²) in [5.74, 6) is -2.30. The van der Waals surface area contributed by atoms with E-state index in [0.717, 1.165) is 18.6 Å². The lowest BCUT2D eigenvalue weighted by Crippen LogP contribution is -2.44. The van der Waals surface area contributed by atoms with E-state index in [9.17, 15) is 18.4 Å². The fourth-order valence-corrected chi connectivity index (χ4v) is 2.90. The molecule has 9 heteroatoms. The molecule has 0 spiro atoms. The van der Waals surface area contributed by atoms with Crippen LogP contribution in [-0.4, -0.2) is 36.0 Å². The monoisotopic (exact) mass is 423 g/mol. The van der Waals surface area contributed by atoms with Crippen molar-refractivity contribution >= 4 is 34.9 Å². The number of ether oxygens (including phenoxy) is 1. The van der Waals surface area contributed by atoms with Gasteiger partial charge in [0.2, 0.25) is 0 Å². The SMILES string of the molecule is CC(C)Oc1cc(NC(=O)N2CCC2)c(F)cc1C(=O)Nc1c(F)cccc1Cl. The van der Waals surface area contributed by atoms with Gasteiger partial charge in [0.15, 0.2) is 0 Å². The standard InChI is InChI=1S/C20H20ClF2N3O3/c1-11(2)29-17-10-16(24-20(28)26-7-4-8-26)15(23)9-12(17)19(27)25-18-13(21)5-3-6-14(18)22/h3,5-6,9-11H,4,7-8H2,1-2H3,(H,24,28)(H,25,27). The van der Waals surface area contributed by atoms with Crippen LogP contribution in [0.2, 0.25) is 5.02 Å². The van der Waals surface area contributed by atoms with E-state index >= 15 is 0 Å². The maximum absolute atomic E-state index is 14.6. The number of nitrogens with zero attached hydrogens (tertiary/aromatic N) is 1. The molecule has 1 aliphatic heterocycles. The molecule has 0 atom stereocenters. The van der Waals surface area contributed by atoms with E-state index in [1.165, 1.54) is 23.1 Å². The Bertz CT molecular complexity index is 929. The fraction of sp³-hybridized carbons (Fsp3) is 0.300. The second-order valence-electron chi connectivity index (χ2n) is 6.82. The van der Waals surface area contributed by atoms with Crippen molar-refractivity contribution in [1.82, 2.24) is 4.90 Å². The third-order valence-electron chi connectivity index (χ3n) is 4.26. The van der Waals surface area contributed by atoms with Crippen molar-refractivity contribution in [3.63, 3.8) is 0 Å². The number of hydrogen-bond donors (Lipinski definition) is 2. The maximum atomic E-state index is 14.6. The molecule has 2 aromatic carbocycles. The third kappa shape index (κ3) is 4.76. The van der Waals surface area contributed by atoms with Gasteiger partial charge in [-0.2, -0.15) is 0 Å². The van der Waals surface area contributed by atoms with Crippen molar-refractivity contribution in [3.05, 3.63) is 52.6 Å². The third-order valence-corrected chi connectivity index (χ3v) is 4.58. The van der Waals surface area contributed by atoms with Crippen molar-refractivity contribution in [2.75, 3.05) is 23.7 Å². The zero-order valence-electron chi connectivity index (χ0n) is 15.9. The summed E-state index contributed by atoms with van der Waals surface area (Å²) >= 11 is 5.94. The van der Waals surface area contributed by atoms with Crippen molar-refractivity contribution in [1.29, 1.82) is 0 Å². The van der Waals surface area contributed by atoms with Gasteiger partial charge in [0.05, 0.1) is 28.1 Å². The summed E-state index contributed by atoms with van der Waals surface area (Å²) in [5, 5.41) is 4.83. The van der Waals surface area contributed by atoms with Crippen molar-refractivity contribution in [3.8, 4) is 5.75 Å². The number of halogens is 3. The lowest BCUT2D eigenvalue weighted by Gasteiger charge is -2.31. The Hall–Kier alpha value is -2.87. The summed E-state index contributed by atoms with van der Waals surface area (Å²) in [6.45, 7) is 4.67. The highest BCUT2D eigenvalue weighted by Gasteiger charge is 2.24. The molecule has 0 radical (unpaired) electrons. The average Bonchev–Trinajstić information content (AvgIpc) is 2.58. The molecule has 1 heterocycles. The smallest absolute Gasteiger partial charge is 0.321 e. The molecule has 0 unspecified atom stereocenters. The van der Waals surface area contributed by atoms with Gasteiger partial charge >= 0.3 is 6.03 Å². The number of carbonyl (C=O) groups is 2. The predicted octanol–water partition coefficient (Wildman–Crippen LogP) is 4.90. The van der Waals surface area contributed by atoms with Crippen LogP contribution in [0.5, 0.6) is 5.75 Å². The molecule has 2 aromatic rings. The summed E-state index contributed by atoms with van der Waals surface area (Å²) in [4.78, 5) is 26.3. The van der Waals surface area contributed by atoms with Crippen LogP contribution in [0.15, 0.2) is 30.3 Å². The predicted molar refractivity (Wildman–Crippen MR) is 107 cm³/mol. The zero-order valence-corrected chi connectivity index (χ0v) is 16.6. The zero-order chi connectivity index (χ0) is 21.1. The highest BCUT2D eigenvalue weighted by Crippen LogP contribution is 2.31.